The first-order chi connectivity index (χ1) is 13.9. The van der Waals surface area contributed by atoms with Gasteiger partial charge in [-0.3, -0.25) is 9.59 Å². The Morgan fingerprint density at radius 2 is 1.52 bits per heavy atom. The predicted octanol–water partition coefficient (Wildman–Crippen LogP) is 4.95. The van der Waals surface area contributed by atoms with E-state index in [1.165, 1.54) is 0 Å². The highest BCUT2D eigenvalue weighted by molar-refractivity contribution is 6.03. The SMILES string of the molecule is CC1(C)CC(=O)c2cc(C(=O)NC(c3ccccc3)c3ccccc3)ccc2O1. The van der Waals surface area contributed by atoms with Gasteiger partial charge in [0.1, 0.15) is 11.4 Å². The van der Waals surface area contributed by atoms with Crippen molar-refractivity contribution in [2.24, 2.45) is 0 Å². The summed E-state index contributed by atoms with van der Waals surface area (Å²) >= 11 is 0. The van der Waals surface area contributed by atoms with Crippen molar-refractivity contribution in [1.82, 2.24) is 5.32 Å². The lowest BCUT2D eigenvalue weighted by Crippen LogP contribution is -2.36. The summed E-state index contributed by atoms with van der Waals surface area (Å²) in [6.07, 6.45) is 0.293. The van der Waals surface area contributed by atoms with E-state index < -0.39 is 5.60 Å². The van der Waals surface area contributed by atoms with E-state index in [0.29, 0.717) is 23.3 Å². The Balaban J connectivity index is 1.64. The van der Waals surface area contributed by atoms with Crippen molar-refractivity contribution in [1.29, 1.82) is 0 Å². The lowest BCUT2D eigenvalue weighted by molar-refractivity contribution is 0.0620. The van der Waals surface area contributed by atoms with Crippen molar-refractivity contribution < 1.29 is 14.3 Å². The maximum atomic E-state index is 13.1. The van der Waals surface area contributed by atoms with Gasteiger partial charge in [-0.2, -0.15) is 0 Å². The fraction of sp³-hybridized carbons (Fsp3) is 0.200. The van der Waals surface area contributed by atoms with Crippen molar-refractivity contribution in [3.8, 4) is 5.75 Å². The van der Waals surface area contributed by atoms with Gasteiger partial charge < -0.3 is 10.1 Å². The second kappa shape index (κ2) is 7.55. The van der Waals surface area contributed by atoms with Crippen LogP contribution in [0.4, 0.5) is 0 Å². The molecule has 0 saturated carbocycles. The molecule has 0 fully saturated rings. The van der Waals surface area contributed by atoms with Crippen LogP contribution < -0.4 is 10.1 Å². The van der Waals surface area contributed by atoms with Crippen LogP contribution in [0.25, 0.3) is 0 Å². The molecule has 0 aromatic heterocycles. The van der Waals surface area contributed by atoms with Gasteiger partial charge in [0.2, 0.25) is 0 Å². The molecule has 0 saturated heterocycles. The van der Waals surface area contributed by atoms with Gasteiger partial charge in [0.25, 0.3) is 5.91 Å². The van der Waals surface area contributed by atoms with Crippen LogP contribution in [0.1, 0.15) is 58.2 Å². The average Bonchev–Trinajstić information content (AvgIpc) is 2.72. The summed E-state index contributed by atoms with van der Waals surface area (Å²) in [6.45, 7) is 3.78. The van der Waals surface area contributed by atoms with Crippen LogP contribution in [-0.2, 0) is 0 Å². The van der Waals surface area contributed by atoms with E-state index in [2.05, 4.69) is 5.32 Å². The molecule has 146 valence electrons. The van der Waals surface area contributed by atoms with Gasteiger partial charge in [-0.05, 0) is 43.2 Å². The second-order valence-corrected chi connectivity index (χ2v) is 7.90. The minimum Gasteiger partial charge on any atom is -0.487 e. The first kappa shape index (κ1) is 18.9. The van der Waals surface area contributed by atoms with Gasteiger partial charge in [-0.25, -0.2) is 0 Å². The molecule has 4 nitrogen and oxygen atoms in total. The Bertz CT molecular complexity index is 1000. The number of fused-ring (bicyclic) bond motifs is 1. The number of Topliss-reactive ketones (excluding diaryl/α,β-unsaturated/α-hetero) is 1. The van der Waals surface area contributed by atoms with Crippen molar-refractivity contribution in [2.75, 3.05) is 0 Å². The van der Waals surface area contributed by atoms with Crippen molar-refractivity contribution in [2.45, 2.75) is 31.9 Å². The highest BCUT2D eigenvalue weighted by Crippen LogP contribution is 2.33. The number of ether oxygens (including phenoxy) is 1. The molecular weight excluding hydrogens is 362 g/mol. The van der Waals surface area contributed by atoms with Gasteiger partial charge in [0.15, 0.2) is 5.78 Å². The van der Waals surface area contributed by atoms with Gasteiger partial charge in [-0.15, -0.1) is 0 Å². The Labute approximate surface area is 170 Å². The van der Waals surface area contributed by atoms with Crippen LogP contribution in [0.15, 0.2) is 78.9 Å². The third-order valence-electron chi connectivity index (χ3n) is 5.06. The molecule has 4 heteroatoms. The fourth-order valence-corrected chi connectivity index (χ4v) is 3.66. The van der Waals surface area contributed by atoms with Gasteiger partial charge >= 0.3 is 0 Å². The number of hydrogen-bond donors (Lipinski definition) is 1. The highest BCUT2D eigenvalue weighted by Gasteiger charge is 2.33. The van der Waals surface area contributed by atoms with Crippen LogP contribution in [0.3, 0.4) is 0 Å². The number of carbonyl (C=O) groups is 2. The van der Waals surface area contributed by atoms with E-state index in [9.17, 15) is 9.59 Å². The Kier molecular flexibility index (Phi) is 4.93. The number of hydrogen-bond acceptors (Lipinski definition) is 3. The number of carbonyl (C=O) groups excluding carboxylic acids is 2. The maximum Gasteiger partial charge on any atom is 0.252 e. The number of nitrogens with one attached hydrogen (secondary N) is 1. The van der Waals surface area contributed by atoms with Crippen LogP contribution in [0, 0.1) is 0 Å². The van der Waals surface area contributed by atoms with Crippen molar-refractivity contribution in [3.63, 3.8) is 0 Å². The third-order valence-corrected chi connectivity index (χ3v) is 5.06. The Hall–Kier alpha value is -3.40. The Morgan fingerprint density at radius 3 is 2.10 bits per heavy atom. The quantitative estimate of drug-likeness (QED) is 0.691. The lowest BCUT2D eigenvalue weighted by atomic mass is 9.92. The third kappa shape index (κ3) is 4.06. The summed E-state index contributed by atoms with van der Waals surface area (Å²) in [6, 6.07) is 24.4. The zero-order chi connectivity index (χ0) is 20.4. The number of rotatable bonds is 4. The summed E-state index contributed by atoms with van der Waals surface area (Å²) < 4.78 is 5.89. The molecule has 1 N–H and O–H groups in total. The smallest absolute Gasteiger partial charge is 0.252 e. The summed E-state index contributed by atoms with van der Waals surface area (Å²) in [4.78, 5) is 25.6. The lowest BCUT2D eigenvalue weighted by Gasteiger charge is -2.31. The molecule has 1 heterocycles. The molecule has 3 aromatic carbocycles. The molecule has 29 heavy (non-hydrogen) atoms. The zero-order valence-corrected chi connectivity index (χ0v) is 16.5. The number of benzene rings is 3. The number of amides is 1. The predicted molar refractivity (Wildman–Crippen MR) is 112 cm³/mol. The van der Waals surface area contributed by atoms with Crippen LogP contribution >= 0.6 is 0 Å². The molecule has 0 atom stereocenters. The van der Waals surface area contributed by atoms with Crippen molar-refractivity contribution >= 4 is 11.7 Å². The fourth-order valence-electron chi connectivity index (χ4n) is 3.66. The molecule has 0 bridgehead atoms. The molecule has 0 spiro atoms. The minimum absolute atomic E-state index is 0.00595. The van der Waals surface area contributed by atoms with Gasteiger partial charge in [0, 0.05) is 5.56 Å². The molecule has 3 aromatic rings. The molecule has 1 amide bonds. The zero-order valence-electron chi connectivity index (χ0n) is 16.5. The van der Waals surface area contributed by atoms with Crippen LogP contribution in [-0.4, -0.2) is 17.3 Å². The largest absolute Gasteiger partial charge is 0.487 e. The first-order valence-electron chi connectivity index (χ1n) is 9.70. The first-order valence-corrected chi connectivity index (χ1v) is 9.70. The van der Waals surface area contributed by atoms with E-state index in [1.54, 1.807) is 18.2 Å². The van der Waals surface area contributed by atoms with Gasteiger partial charge in [0.05, 0.1) is 18.0 Å². The highest BCUT2D eigenvalue weighted by atomic mass is 16.5. The van der Waals surface area contributed by atoms with Gasteiger partial charge in [-0.1, -0.05) is 60.7 Å². The van der Waals surface area contributed by atoms with E-state index in [4.69, 9.17) is 4.74 Å². The summed E-state index contributed by atoms with van der Waals surface area (Å²) in [5, 5.41) is 3.11. The summed E-state index contributed by atoms with van der Waals surface area (Å²) in [5.74, 6) is 0.294. The molecule has 0 unspecified atom stereocenters. The maximum absolute atomic E-state index is 13.1. The van der Waals surface area contributed by atoms with Crippen LogP contribution in [0.5, 0.6) is 5.75 Å². The molecule has 1 aliphatic heterocycles. The Morgan fingerprint density at radius 1 is 0.931 bits per heavy atom. The van der Waals surface area contributed by atoms with E-state index >= 15 is 0 Å². The topological polar surface area (TPSA) is 55.4 Å². The van der Waals surface area contributed by atoms with E-state index in [0.717, 1.165) is 11.1 Å². The normalized spacial score (nSPS) is 14.8. The summed E-state index contributed by atoms with van der Waals surface area (Å²) in [5.41, 5.74) is 2.36. The number of ketones is 1. The second-order valence-electron chi connectivity index (χ2n) is 7.90. The molecule has 0 radical (unpaired) electrons. The van der Waals surface area contributed by atoms with E-state index in [1.807, 2.05) is 74.5 Å². The molecule has 4 rings (SSSR count). The average molecular weight is 385 g/mol. The minimum atomic E-state index is -0.528. The van der Waals surface area contributed by atoms with Crippen molar-refractivity contribution in [3.05, 3.63) is 101 Å². The van der Waals surface area contributed by atoms with Crippen LogP contribution in [0.2, 0.25) is 0 Å². The molecule has 1 aliphatic rings. The van der Waals surface area contributed by atoms with E-state index in [-0.39, 0.29) is 17.7 Å². The molecule has 0 aliphatic carbocycles. The standard InChI is InChI=1S/C25H23NO3/c1-25(2)16-21(27)20-15-19(13-14-22(20)29-25)24(28)26-23(17-9-5-3-6-10-17)18-11-7-4-8-12-18/h3-15,23H,16H2,1-2H3,(H,26,28). The monoisotopic (exact) mass is 385 g/mol. The molecular formula is C25H23NO3. The summed E-state index contributed by atoms with van der Waals surface area (Å²) in [7, 11) is 0.